The Hall–Kier alpha value is -1.10. The maximum absolute atomic E-state index is 11.5. The van der Waals surface area contributed by atoms with Crippen molar-refractivity contribution in [2.24, 2.45) is 0 Å². The summed E-state index contributed by atoms with van der Waals surface area (Å²) in [6.45, 7) is 3.36. The number of hydrogen-bond acceptors (Lipinski definition) is 3. The van der Waals surface area contributed by atoms with E-state index >= 15 is 0 Å². The molecule has 0 aromatic heterocycles. The molecular formula is C10H19NO4. The Morgan fingerprint density at radius 2 is 1.93 bits per heavy atom. The molecule has 0 saturated heterocycles. The molecule has 0 aliphatic carbocycles. The summed E-state index contributed by atoms with van der Waals surface area (Å²) in [5.41, 5.74) is 0. The van der Waals surface area contributed by atoms with Gasteiger partial charge in [-0.3, -0.25) is 4.79 Å². The molecule has 15 heavy (non-hydrogen) atoms. The fraction of sp³-hybridized carbons (Fsp3) is 0.800. The largest absolute Gasteiger partial charge is 0.480 e. The van der Waals surface area contributed by atoms with Crippen LogP contribution in [0.3, 0.4) is 0 Å². The lowest BCUT2D eigenvalue weighted by molar-refractivity contribution is -0.148. The van der Waals surface area contributed by atoms with Crippen molar-refractivity contribution in [3.8, 4) is 0 Å². The second kappa shape index (κ2) is 6.40. The van der Waals surface area contributed by atoms with Crippen molar-refractivity contribution in [3.63, 3.8) is 0 Å². The van der Waals surface area contributed by atoms with Crippen molar-refractivity contribution in [2.75, 3.05) is 14.2 Å². The monoisotopic (exact) mass is 217 g/mol. The van der Waals surface area contributed by atoms with Crippen LogP contribution in [0.1, 0.15) is 26.7 Å². The lowest BCUT2D eigenvalue weighted by Crippen LogP contribution is -2.40. The standard InChI is InChI=1S/C10H19NO4/c1-7(15-4)5-6-9(12)11(3)8(2)10(13)14/h7-8H,5-6H2,1-4H3,(H,13,14). The molecule has 88 valence electrons. The number of amides is 1. The van der Waals surface area contributed by atoms with E-state index in [9.17, 15) is 9.59 Å². The average molecular weight is 217 g/mol. The van der Waals surface area contributed by atoms with Gasteiger partial charge < -0.3 is 14.7 Å². The van der Waals surface area contributed by atoms with Crippen LogP contribution in [0.5, 0.6) is 0 Å². The van der Waals surface area contributed by atoms with Crippen LogP contribution in [0, 0.1) is 0 Å². The van der Waals surface area contributed by atoms with Crippen molar-refractivity contribution in [1.82, 2.24) is 4.90 Å². The molecule has 0 aliphatic heterocycles. The van der Waals surface area contributed by atoms with Crippen molar-refractivity contribution in [3.05, 3.63) is 0 Å². The SMILES string of the molecule is COC(C)CCC(=O)N(C)C(C)C(=O)O. The van der Waals surface area contributed by atoms with Crippen molar-refractivity contribution in [1.29, 1.82) is 0 Å². The van der Waals surface area contributed by atoms with Crippen LogP contribution in [-0.2, 0) is 14.3 Å². The Morgan fingerprint density at radius 3 is 2.33 bits per heavy atom. The molecule has 0 fully saturated rings. The van der Waals surface area contributed by atoms with Crippen molar-refractivity contribution >= 4 is 11.9 Å². The van der Waals surface area contributed by atoms with Crippen LogP contribution in [0.2, 0.25) is 0 Å². The highest BCUT2D eigenvalue weighted by Gasteiger charge is 2.21. The van der Waals surface area contributed by atoms with Gasteiger partial charge in [-0.15, -0.1) is 0 Å². The number of carbonyl (C=O) groups excluding carboxylic acids is 1. The van der Waals surface area contributed by atoms with Crippen LogP contribution in [-0.4, -0.2) is 48.2 Å². The van der Waals surface area contributed by atoms with Gasteiger partial charge in [0.15, 0.2) is 0 Å². The van der Waals surface area contributed by atoms with Gasteiger partial charge in [0, 0.05) is 20.6 Å². The van der Waals surface area contributed by atoms with E-state index in [0.29, 0.717) is 12.8 Å². The topological polar surface area (TPSA) is 66.8 Å². The molecule has 1 N–H and O–H groups in total. The van der Waals surface area contributed by atoms with Gasteiger partial charge in [-0.1, -0.05) is 0 Å². The van der Waals surface area contributed by atoms with Gasteiger partial charge in [-0.25, -0.2) is 4.79 Å². The summed E-state index contributed by atoms with van der Waals surface area (Å²) in [6, 6.07) is -0.782. The summed E-state index contributed by atoms with van der Waals surface area (Å²) < 4.78 is 5.00. The Morgan fingerprint density at radius 1 is 1.40 bits per heavy atom. The molecule has 0 saturated carbocycles. The minimum Gasteiger partial charge on any atom is -0.480 e. The zero-order chi connectivity index (χ0) is 12.0. The molecule has 2 atom stereocenters. The van der Waals surface area contributed by atoms with Gasteiger partial charge in [0.25, 0.3) is 0 Å². The summed E-state index contributed by atoms with van der Waals surface area (Å²) in [5, 5.41) is 8.71. The first-order valence-corrected chi connectivity index (χ1v) is 4.91. The van der Waals surface area contributed by atoms with Crippen LogP contribution >= 0.6 is 0 Å². The number of aliphatic carboxylic acids is 1. The second-order valence-corrected chi connectivity index (χ2v) is 3.60. The van der Waals surface area contributed by atoms with Gasteiger partial charge in [0.05, 0.1) is 6.10 Å². The maximum Gasteiger partial charge on any atom is 0.326 e. The molecule has 1 amide bonds. The molecule has 0 rings (SSSR count). The number of likely N-dealkylation sites (N-methyl/N-ethyl adjacent to an activating group) is 1. The molecular weight excluding hydrogens is 198 g/mol. The van der Waals surface area contributed by atoms with E-state index in [-0.39, 0.29) is 12.0 Å². The first-order chi connectivity index (χ1) is 6.90. The first-order valence-electron chi connectivity index (χ1n) is 4.91. The van der Waals surface area contributed by atoms with Gasteiger partial charge >= 0.3 is 5.97 Å². The Kier molecular flexibility index (Phi) is 5.93. The van der Waals surface area contributed by atoms with E-state index in [4.69, 9.17) is 9.84 Å². The van der Waals surface area contributed by atoms with E-state index < -0.39 is 12.0 Å². The highest BCUT2D eigenvalue weighted by atomic mass is 16.5. The zero-order valence-corrected chi connectivity index (χ0v) is 9.69. The van der Waals surface area contributed by atoms with E-state index in [1.165, 1.54) is 18.9 Å². The third-order valence-electron chi connectivity index (χ3n) is 2.50. The van der Waals surface area contributed by atoms with E-state index in [1.54, 1.807) is 7.11 Å². The van der Waals surface area contributed by atoms with E-state index in [1.807, 2.05) is 6.92 Å². The molecule has 5 heteroatoms. The van der Waals surface area contributed by atoms with E-state index in [2.05, 4.69) is 0 Å². The quantitative estimate of drug-likeness (QED) is 0.712. The molecule has 0 heterocycles. The van der Waals surface area contributed by atoms with Gasteiger partial charge in [-0.2, -0.15) is 0 Å². The summed E-state index contributed by atoms with van der Waals surface area (Å²) in [4.78, 5) is 23.4. The fourth-order valence-electron chi connectivity index (χ4n) is 1.00. The summed E-state index contributed by atoms with van der Waals surface area (Å²) >= 11 is 0. The summed E-state index contributed by atoms with van der Waals surface area (Å²) in [6.07, 6.45) is 0.928. The third kappa shape index (κ3) is 4.78. The lowest BCUT2D eigenvalue weighted by Gasteiger charge is -2.22. The number of carbonyl (C=O) groups is 2. The van der Waals surface area contributed by atoms with Gasteiger partial charge in [0.1, 0.15) is 6.04 Å². The van der Waals surface area contributed by atoms with Crippen LogP contribution in [0.25, 0.3) is 0 Å². The predicted octanol–water partition coefficient (Wildman–Crippen LogP) is 0.733. The third-order valence-corrected chi connectivity index (χ3v) is 2.50. The Labute approximate surface area is 90.0 Å². The number of carboxylic acids is 1. The highest BCUT2D eigenvalue weighted by molar-refractivity contribution is 5.83. The second-order valence-electron chi connectivity index (χ2n) is 3.60. The number of ether oxygens (including phenoxy) is 1. The smallest absolute Gasteiger partial charge is 0.326 e. The minimum atomic E-state index is -0.995. The fourth-order valence-corrected chi connectivity index (χ4v) is 1.00. The highest BCUT2D eigenvalue weighted by Crippen LogP contribution is 2.05. The number of hydrogen-bond donors (Lipinski definition) is 1. The Balaban J connectivity index is 4.05. The Bertz CT molecular complexity index is 229. The summed E-state index contributed by atoms with van der Waals surface area (Å²) in [7, 11) is 3.08. The first kappa shape index (κ1) is 13.9. The van der Waals surface area contributed by atoms with Crippen LogP contribution < -0.4 is 0 Å². The number of rotatable bonds is 6. The molecule has 0 aromatic carbocycles. The summed E-state index contributed by atoms with van der Waals surface area (Å²) in [5.74, 6) is -1.17. The predicted molar refractivity (Wildman–Crippen MR) is 55.6 cm³/mol. The lowest BCUT2D eigenvalue weighted by atomic mass is 10.2. The van der Waals surface area contributed by atoms with Gasteiger partial charge in [0.2, 0.25) is 5.91 Å². The van der Waals surface area contributed by atoms with Crippen molar-refractivity contribution in [2.45, 2.75) is 38.8 Å². The van der Waals surface area contributed by atoms with Gasteiger partial charge in [-0.05, 0) is 20.3 Å². The molecule has 2 unspecified atom stereocenters. The number of methoxy groups -OCH3 is 1. The molecule has 0 aromatic rings. The minimum absolute atomic E-state index is 0.0162. The van der Waals surface area contributed by atoms with Crippen LogP contribution in [0.15, 0.2) is 0 Å². The maximum atomic E-state index is 11.5. The molecule has 0 bridgehead atoms. The molecule has 0 spiro atoms. The number of carboxylic acid groups (broad SMARTS) is 1. The number of nitrogens with zero attached hydrogens (tertiary/aromatic N) is 1. The molecule has 0 radical (unpaired) electrons. The van der Waals surface area contributed by atoms with E-state index in [0.717, 1.165) is 0 Å². The van der Waals surface area contributed by atoms with Crippen LogP contribution in [0.4, 0.5) is 0 Å². The average Bonchev–Trinajstić information content (AvgIpc) is 2.22. The van der Waals surface area contributed by atoms with Crippen molar-refractivity contribution < 1.29 is 19.4 Å². The normalized spacial score (nSPS) is 14.4. The molecule has 5 nitrogen and oxygen atoms in total. The molecule has 0 aliphatic rings. The zero-order valence-electron chi connectivity index (χ0n) is 9.69.